The molecule has 3 heterocycles. The van der Waals surface area contributed by atoms with Crippen LogP contribution in [0.4, 0.5) is 19.1 Å². The molecule has 0 spiro atoms. The minimum atomic E-state index is -4.52. The second-order valence-electron chi connectivity index (χ2n) is 7.15. The lowest BCUT2D eigenvalue weighted by atomic mass is 10.0. The largest absolute Gasteiger partial charge is 0.416 e. The Bertz CT molecular complexity index is 1290. The Morgan fingerprint density at radius 1 is 1.16 bits per heavy atom. The smallest absolute Gasteiger partial charge is 0.349 e. The number of anilines is 1. The van der Waals surface area contributed by atoms with Gasteiger partial charge in [0, 0.05) is 37.1 Å². The average Bonchev–Trinajstić information content (AvgIpc) is 3.32. The molecule has 0 aliphatic heterocycles. The molecule has 3 aromatic heterocycles. The van der Waals surface area contributed by atoms with Gasteiger partial charge in [-0.1, -0.05) is 19.4 Å². The molecule has 0 amide bonds. The zero-order chi connectivity index (χ0) is 22.2. The first-order valence-corrected chi connectivity index (χ1v) is 9.67. The fourth-order valence-corrected chi connectivity index (χ4v) is 3.33. The Balaban J connectivity index is 1.65. The summed E-state index contributed by atoms with van der Waals surface area (Å²) in [4.78, 5) is 19.4. The molecular weight excluding hydrogens is 411 g/mol. The van der Waals surface area contributed by atoms with Gasteiger partial charge in [-0.15, -0.1) is 5.10 Å². The zero-order valence-electron chi connectivity index (χ0n) is 16.9. The van der Waals surface area contributed by atoms with E-state index in [4.69, 9.17) is 0 Å². The predicted octanol–water partition coefficient (Wildman–Crippen LogP) is 3.40. The van der Waals surface area contributed by atoms with Crippen molar-refractivity contribution in [1.29, 1.82) is 0 Å². The predicted molar refractivity (Wildman–Crippen MR) is 109 cm³/mol. The number of nitrogens with one attached hydrogen (secondary N) is 2. The minimum Gasteiger partial charge on any atom is -0.349 e. The zero-order valence-corrected chi connectivity index (χ0v) is 16.9. The quantitative estimate of drug-likeness (QED) is 0.488. The van der Waals surface area contributed by atoms with Gasteiger partial charge in [-0.05, 0) is 30.2 Å². The molecule has 2 N–H and O–H groups in total. The summed E-state index contributed by atoms with van der Waals surface area (Å²) in [5.74, 6) is 0.287. The monoisotopic (exact) mass is 431 g/mol. The maximum atomic E-state index is 13.5. The topological polar surface area (TPSA) is 92.9 Å². The fraction of sp³-hybridized carbons (Fsp3) is 0.300. The van der Waals surface area contributed by atoms with Gasteiger partial charge in [0.2, 0.25) is 11.7 Å². The van der Waals surface area contributed by atoms with Crippen LogP contribution in [0.2, 0.25) is 0 Å². The number of hydrogen-bond acceptors (Lipinski definition) is 5. The van der Waals surface area contributed by atoms with E-state index in [2.05, 4.69) is 25.5 Å². The number of nitrogens with zero attached hydrogens (tertiary/aromatic N) is 5. The molecule has 0 bridgehead atoms. The molecule has 4 rings (SSSR count). The molecule has 162 valence electrons. The van der Waals surface area contributed by atoms with Crippen molar-refractivity contribution in [1.82, 2.24) is 29.4 Å². The van der Waals surface area contributed by atoms with Gasteiger partial charge in [-0.25, -0.2) is 0 Å². The summed E-state index contributed by atoms with van der Waals surface area (Å²) in [6.45, 7) is 1.80. The normalized spacial score (nSPS) is 11.9. The van der Waals surface area contributed by atoms with Crippen molar-refractivity contribution >= 4 is 11.7 Å². The molecule has 0 saturated carbocycles. The Hall–Kier alpha value is -3.63. The summed E-state index contributed by atoms with van der Waals surface area (Å²) in [5.41, 5.74) is 0.759. The van der Waals surface area contributed by atoms with Crippen LogP contribution >= 0.6 is 0 Å². The van der Waals surface area contributed by atoms with Crippen molar-refractivity contribution in [2.45, 2.75) is 32.5 Å². The maximum absolute atomic E-state index is 13.5. The summed E-state index contributed by atoms with van der Waals surface area (Å²) in [7, 11) is 1.73. The lowest BCUT2D eigenvalue weighted by molar-refractivity contribution is -0.138. The molecule has 11 heteroatoms. The molecule has 0 aliphatic rings. The Kier molecular flexibility index (Phi) is 5.25. The number of hydrogen-bond donors (Lipinski definition) is 2. The molecule has 0 saturated heterocycles. The van der Waals surface area contributed by atoms with Crippen molar-refractivity contribution < 1.29 is 13.2 Å². The van der Waals surface area contributed by atoms with Gasteiger partial charge < -0.3 is 10.3 Å². The third-order valence-electron chi connectivity index (χ3n) is 4.76. The fourth-order valence-electron chi connectivity index (χ4n) is 3.33. The third-order valence-corrected chi connectivity index (χ3v) is 4.76. The summed E-state index contributed by atoms with van der Waals surface area (Å²) < 4.78 is 43.2. The van der Waals surface area contributed by atoms with Crippen LogP contribution < -0.4 is 10.9 Å². The molecule has 4 aromatic rings. The van der Waals surface area contributed by atoms with Gasteiger partial charge in [0.05, 0.1) is 11.3 Å². The molecule has 0 aliphatic carbocycles. The van der Waals surface area contributed by atoms with Gasteiger partial charge in [-0.2, -0.15) is 27.8 Å². The van der Waals surface area contributed by atoms with E-state index in [1.165, 1.54) is 18.2 Å². The highest BCUT2D eigenvalue weighted by Gasteiger charge is 2.33. The summed E-state index contributed by atoms with van der Waals surface area (Å²) in [6.07, 6.45) is -1.28. The van der Waals surface area contributed by atoms with Crippen molar-refractivity contribution in [2.75, 3.05) is 5.32 Å². The van der Waals surface area contributed by atoms with Gasteiger partial charge in [0.25, 0.3) is 5.56 Å². The van der Waals surface area contributed by atoms with E-state index < -0.39 is 11.7 Å². The van der Waals surface area contributed by atoms with Crippen LogP contribution in [0.15, 0.2) is 41.3 Å². The number of halogens is 3. The standard InChI is InChI=1S/C20H20F3N7O/c1-3-4-14-10-17(31)30-19(25-14)26-18(28-30)24-11-13-9-12(16-7-8-29(2)27-16)5-6-15(13)20(21,22)23/h5-10H,3-4,11H2,1-2H3,(H2,24,25,26,28). The minimum absolute atomic E-state index is 0.0208. The highest BCUT2D eigenvalue weighted by molar-refractivity contribution is 5.61. The average molecular weight is 431 g/mol. The molecule has 0 radical (unpaired) electrons. The second-order valence-corrected chi connectivity index (χ2v) is 7.15. The number of rotatable bonds is 6. The Labute approximate surface area is 174 Å². The van der Waals surface area contributed by atoms with Gasteiger partial charge in [0.1, 0.15) is 0 Å². The Morgan fingerprint density at radius 2 is 1.97 bits per heavy atom. The van der Waals surface area contributed by atoms with Gasteiger partial charge in [-0.3, -0.25) is 9.48 Å². The lowest BCUT2D eigenvalue weighted by Gasteiger charge is -2.14. The first kappa shape index (κ1) is 20.6. The summed E-state index contributed by atoms with van der Waals surface area (Å²) in [6, 6.07) is 7.04. The first-order chi connectivity index (χ1) is 14.7. The van der Waals surface area contributed by atoms with Crippen molar-refractivity contribution in [2.24, 2.45) is 7.05 Å². The summed E-state index contributed by atoms with van der Waals surface area (Å²) >= 11 is 0. The van der Waals surface area contributed by atoms with Crippen molar-refractivity contribution in [3.8, 4) is 11.3 Å². The van der Waals surface area contributed by atoms with E-state index in [9.17, 15) is 18.0 Å². The van der Waals surface area contributed by atoms with E-state index in [0.717, 1.165) is 22.7 Å². The van der Waals surface area contributed by atoms with Crippen molar-refractivity contribution in [3.63, 3.8) is 0 Å². The summed E-state index contributed by atoms with van der Waals surface area (Å²) in [5, 5.41) is 11.1. The number of benzene rings is 1. The lowest BCUT2D eigenvalue weighted by Crippen LogP contribution is -2.16. The molecular formula is C20H20F3N7O. The Morgan fingerprint density at radius 3 is 2.65 bits per heavy atom. The number of H-pyrrole nitrogens is 1. The number of aryl methyl sites for hydroxylation is 2. The van der Waals surface area contributed by atoms with Crippen LogP contribution in [0, 0.1) is 0 Å². The highest BCUT2D eigenvalue weighted by Crippen LogP contribution is 2.34. The van der Waals surface area contributed by atoms with Gasteiger partial charge in [0.15, 0.2) is 0 Å². The molecule has 0 atom stereocenters. The third kappa shape index (κ3) is 4.30. The molecule has 31 heavy (non-hydrogen) atoms. The molecule has 8 nitrogen and oxygen atoms in total. The van der Waals surface area contributed by atoms with E-state index in [-0.39, 0.29) is 29.4 Å². The van der Waals surface area contributed by atoms with E-state index in [1.54, 1.807) is 24.0 Å². The highest BCUT2D eigenvalue weighted by atomic mass is 19.4. The van der Waals surface area contributed by atoms with Crippen LogP contribution in [0.25, 0.3) is 17.0 Å². The second kappa shape index (κ2) is 7.89. The van der Waals surface area contributed by atoms with Crippen molar-refractivity contribution in [3.05, 3.63) is 63.7 Å². The molecule has 0 unspecified atom stereocenters. The number of aromatic nitrogens is 6. The van der Waals surface area contributed by atoms with E-state index in [1.807, 2.05) is 6.92 Å². The van der Waals surface area contributed by atoms with Crippen LogP contribution in [-0.4, -0.2) is 29.4 Å². The molecule has 1 aromatic carbocycles. The van der Waals surface area contributed by atoms with Crippen LogP contribution in [0.3, 0.4) is 0 Å². The number of alkyl halides is 3. The van der Waals surface area contributed by atoms with Crippen LogP contribution in [0.1, 0.15) is 30.2 Å². The van der Waals surface area contributed by atoms with Gasteiger partial charge >= 0.3 is 6.18 Å². The van der Waals surface area contributed by atoms with Crippen LogP contribution in [-0.2, 0) is 26.2 Å². The van der Waals surface area contributed by atoms with Crippen LogP contribution in [0.5, 0.6) is 0 Å². The van der Waals surface area contributed by atoms with E-state index >= 15 is 0 Å². The SMILES string of the molecule is CCCc1cc(=O)n2nc(NCc3cc(-c4ccn(C)n4)ccc3C(F)(F)F)nc2[nH]1. The number of aromatic amines is 1. The maximum Gasteiger partial charge on any atom is 0.416 e. The first-order valence-electron chi connectivity index (χ1n) is 9.67. The molecule has 0 fully saturated rings. The number of fused-ring (bicyclic) bond motifs is 1. The van der Waals surface area contributed by atoms with E-state index in [0.29, 0.717) is 17.7 Å².